The van der Waals surface area contributed by atoms with Crippen LogP contribution in [0.15, 0.2) is 49.1 Å². The number of aromatic hydroxyl groups is 1. The molecule has 12 heteroatoms. The number of anilines is 1. The van der Waals surface area contributed by atoms with Crippen LogP contribution in [0.25, 0.3) is 5.69 Å². The highest BCUT2D eigenvalue weighted by Crippen LogP contribution is 2.33. The number of phenolic OH excluding ortho intramolecular Hbond substituents is 1. The monoisotopic (exact) mass is 436 g/mol. The summed E-state index contributed by atoms with van der Waals surface area (Å²) in [6, 6.07) is 6.52. The number of nitrogens with zero attached hydrogens (tertiary/aromatic N) is 3. The Bertz CT molecular complexity index is 1100. The molecule has 2 N–H and O–H groups in total. The Morgan fingerprint density at radius 2 is 1.97 bits per heavy atom. The molecule has 0 spiro atoms. The van der Waals surface area contributed by atoms with Gasteiger partial charge in [-0.3, -0.25) is 4.79 Å². The average Bonchev–Trinajstić information content (AvgIpc) is 3.26. The minimum Gasteiger partial charge on any atom is -0.507 e. The summed E-state index contributed by atoms with van der Waals surface area (Å²) >= 11 is 0. The molecule has 0 radical (unpaired) electrons. The Hall–Kier alpha value is -4.09. The molecule has 0 aliphatic heterocycles. The van der Waals surface area contributed by atoms with Crippen molar-refractivity contribution >= 4 is 17.6 Å². The molecule has 9 nitrogen and oxygen atoms in total. The summed E-state index contributed by atoms with van der Waals surface area (Å²) in [5, 5.41) is 15.9. The number of benzene rings is 2. The van der Waals surface area contributed by atoms with E-state index in [0.29, 0.717) is 0 Å². The van der Waals surface area contributed by atoms with E-state index in [9.17, 15) is 27.9 Å². The number of amides is 1. The van der Waals surface area contributed by atoms with E-state index in [2.05, 4.69) is 15.4 Å². The van der Waals surface area contributed by atoms with Gasteiger partial charge in [-0.25, -0.2) is 14.5 Å². The van der Waals surface area contributed by atoms with Crippen LogP contribution in [0.1, 0.15) is 15.9 Å². The van der Waals surface area contributed by atoms with Gasteiger partial charge >= 0.3 is 12.1 Å². The summed E-state index contributed by atoms with van der Waals surface area (Å²) < 4.78 is 50.2. The Morgan fingerprint density at radius 3 is 2.61 bits per heavy atom. The third kappa shape index (κ3) is 5.10. The van der Waals surface area contributed by atoms with Crippen LogP contribution in [-0.2, 0) is 15.7 Å². The zero-order valence-electron chi connectivity index (χ0n) is 15.9. The van der Waals surface area contributed by atoms with E-state index in [0.717, 1.165) is 22.9 Å². The van der Waals surface area contributed by atoms with Crippen molar-refractivity contribution in [3.63, 3.8) is 0 Å². The van der Waals surface area contributed by atoms with Crippen molar-refractivity contribution in [3.8, 4) is 17.2 Å². The molecule has 162 valence electrons. The maximum atomic E-state index is 13.1. The van der Waals surface area contributed by atoms with E-state index in [1.165, 1.54) is 38.0 Å². The molecule has 0 aliphatic carbocycles. The normalized spacial score (nSPS) is 11.1. The lowest BCUT2D eigenvalue weighted by Crippen LogP contribution is -2.22. The van der Waals surface area contributed by atoms with Crippen molar-refractivity contribution in [1.29, 1.82) is 0 Å². The quantitative estimate of drug-likeness (QED) is 0.571. The maximum absolute atomic E-state index is 13.1. The molecule has 0 aliphatic rings. The van der Waals surface area contributed by atoms with Crippen molar-refractivity contribution in [2.75, 3.05) is 19.0 Å². The standard InChI is InChI=1S/C19H15F3N4O5/c1-30-12-3-5-16(27)13(7-12)18(29)31-8-17(28)25-14-6-11(19(20,21)22)2-4-15(14)26-10-23-9-24-26/h2-7,9-10,27H,8H2,1H3,(H,25,28). The summed E-state index contributed by atoms with van der Waals surface area (Å²) in [6.07, 6.45) is -2.23. The van der Waals surface area contributed by atoms with Crippen LogP contribution >= 0.6 is 0 Å². The molecule has 0 fully saturated rings. The fourth-order valence-corrected chi connectivity index (χ4v) is 2.55. The number of hydrogen-bond acceptors (Lipinski definition) is 7. The number of alkyl halides is 3. The first-order valence-electron chi connectivity index (χ1n) is 8.59. The molecule has 3 aromatic rings. The zero-order valence-corrected chi connectivity index (χ0v) is 15.9. The predicted molar refractivity (Wildman–Crippen MR) is 99.9 cm³/mol. The number of methoxy groups -OCH3 is 1. The number of hydrogen-bond donors (Lipinski definition) is 2. The van der Waals surface area contributed by atoms with Gasteiger partial charge in [0.2, 0.25) is 0 Å². The van der Waals surface area contributed by atoms with Gasteiger partial charge in [-0.2, -0.15) is 18.3 Å². The van der Waals surface area contributed by atoms with Gasteiger partial charge in [0.05, 0.1) is 24.0 Å². The van der Waals surface area contributed by atoms with Crippen molar-refractivity contribution in [2.24, 2.45) is 0 Å². The number of ether oxygens (including phenoxy) is 2. The van der Waals surface area contributed by atoms with Gasteiger partial charge in [-0.05, 0) is 36.4 Å². The van der Waals surface area contributed by atoms with E-state index < -0.39 is 36.0 Å². The Balaban J connectivity index is 1.76. The van der Waals surface area contributed by atoms with Crippen molar-refractivity contribution in [3.05, 3.63) is 60.2 Å². The van der Waals surface area contributed by atoms with E-state index in [1.807, 2.05) is 0 Å². The Morgan fingerprint density at radius 1 is 1.19 bits per heavy atom. The van der Waals surface area contributed by atoms with Crippen molar-refractivity contribution < 1.29 is 37.3 Å². The number of aromatic nitrogens is 3. The molecular formula is C19H15F3N4O5. The van der Waals surface area contributed by atoms with Gasteiger partial charge in [0.1, 0.15) is 29.7 Å². The minimum atomic E-state index is -4.64. The molecule has 1 aromatic heterocycles. The van der Waals surface area contributed by atoms with Gasteiger partial charge in [0, 0.05) is 0 Å². The minimum absolute atomic E-state index is 0.121. The first-order valence-corrected chi connectivity index (χ1v) is 8.59. The number of carbonyl (C=O) groups is 2. The molecule has 3 rings (SSSR count). The molecule has 0 atom stereocenters. The van der Waals surface area contributed by atoms with Gasteiger partial charge in [0.25, 0.3) is 5.91 Å². The molecule has 0 bridgehead atoms. The number of esters is 1. The van der Waals surface area contributed by atoms with Crippen LogP contribution in [0.2, 0.25) is 0 Å². The number of phenols is 1. The second-order valence-electron chi connectivity index (χ2n) is 6.08. The molecule has 0 saturated heterocycles. The molecule has 1 heterocycles. The molecule has 31 heavy (non-hydrogen) atoms. The second kappa shape index (κ2) is 8.73. The summed E-state index contributed by atoms with van der Waals surface area (Å²) in [5.41, 5.74) is -1.33. The summed E-state index contributed by atoms with van der Waals surface area (Å²) in [7, 11) is 1.36. The number of rotatable bonds is 6. The summed E-state index contributed by atoms with van der Waals surface area (Å²) in [4.78, 5) is 28.1. The molecule has 2 aromatic carbocycles. The van der Waals surface area contributed by atoms with Crippen molar-refractivity contribution in [2.45, 2.75) is 6.18 Å². The molecule has 1 amide bonds. The smallest absolute Gasteiger partial charge is 0.416 e. The first-order chi connectivity index (χ1) is 14.7. The van der Waals surface area contributed by atoms with Crippen LogP contribution < -0.4 is 10.1 Å². The first kappa shape index (κ1) is 21.6. The number of nitrogens with one attached hydrogen (secondary N) is 1. The number of carbonyl (C=O) groups excluding carboxylic acids is 2. The lowest BCUT2D eigenvalue weighted by Gasteiger charge is -2.14. The van der Waals surface area contributed by atoms with Crippen LogP contribution in [0, 0.1) is 0 Å². The maximum Gasteiger partial charge on any atom is 0.416 e. The fraction of sp³-hybridized carbons (Fsp3) is 0.158. The molecular weight excluding hydrogens is 421 g/mol. The Kier molecular flexibility index (Phi) is 6.09. The lowest BCUT2D eigenvalue weighted by atomic mass is 10.1. The molecule has 0 unspecified atom stereocenters. The van der Waals surface area contributed by atoms with Crippen LogP contribution in [-0.4, -0.2) is 45.5 Å². The SMILES string of the molecule is COc1ccc(O)c(C(=O)OCC(=O)Nc2cc(C(F)(F)F)ccc2-n2cncn2)c1. The van der Waals surface area contributed by atoms with Crippen LogP contribution in [0.4, 0.5) is 18.9 Å². The van der Waals surface area contributed by atoms with Crippen LogP contribution in [0.5, 0.6) is 11.5 Å². The fourth-order valence-electron chi connectivity index (χ4n) is 2.55. The van der Waals surface area contributed by atoms with Gasteiger partial charge in [-0.15, -0.1) is 0 Å². The average molecular weight is 436 g/mol. The topological polar surface area (TPSA) is 116 Å². The van der Waals surface area contributed by atoms with Crippen molar-refractivity contribution in [1.82, 2.24) is 14.8 Å². The van der Waals surface area contributed by atoms with E-state index in [1.54, 1.807) is 0 Å². The Labute approximate surface area is 173 Å². The summed E-state index contributed by atoms with van der Waals surface area (Å²) in [6.45, 7) is -0.817. The zero-order chi connectivity index (χ0) is 22.6. The third-order valence-corrected chi connectivity index (χ3v) is 4.02. The van der Waals surface area contributed by atoms with E-state index in [-0.39, 0.29) is 22.7 Å². The predicted octanol–water partition coefficient (Wildman–Crippen LogP) is 2.80. The van der Waals surface area contributed by atoms with E-state index >= 15 is 0 Å². The van der Waals surface area contributed by atoms with Crippen LogP contribution in [0.3, 0.4) is 0 Å². The highest BCUT2D eigenvalue weighted by molar-refractivity contribution is 5.97. The van der Waals surface area contributed by atoms with Gasteiger partial charge in [0.15, 0.2) is 6.61 Å². The lowest BCUT2D eigenvalue weighted by molar-refractivity contribution is -0.137. The molecule has 0 saturated carbocycles. The largest absolute Gasteiger partial charge is 0.507 e. The summed E-state index contributed by atoms with van der Waals surface area (Å²) in [5.74, 6) is -2.04. The number of halogens is 3. The van der Waals surface area contributed by atoms with E-state index in [4.69, 9.17) is 9.47 Å². The third-order valence-electron chi connectivity index (χ3n) is 4.02. The highest BCUT2D eigenvalue weighted by atomic mass is 19.4. The van der Waals surface area contributed by atoms with Gasteiger partial charge in [-0.1, -0.05) is 0 Å². The second-order valence-corrected chi connectivity index (χ2v) is 6.08. The highest BCUT2D eigenvalue weighted by Gasteiger charge is 2.31. The van der Waals surface area contributed by atoms with Gasteiger partial charge < -0.3 is 19.9 Å².